The number of methoxy groups -OCH3 is 2. The number of hydrogen-bond donors (Lipinski definition) is 1. The summed E-state index contributed by atoms with van der Waals surface area (Å²) in [5, 5.41) is 3.23. The quantitative estimate of drug-likeness (QED) is 0.652. The first-order valence-corrected chi connectivity index (χ1v) is 12.2. The van der Waals surface area contributed by atoms with Gasteiger partial charge in [0.15, 0.2) is 11.5 Å². The molecule has 2 aromatic rings. The molecule has 3 aliphatic rings. The van der Waals surface area contributed by atoms with Crippen molar-refractivity contribution in [3.63, 3.8) is 0 Å². The standard InChI is InChI=1S/C28H33N3O3/c1-18-17-31(28(32)30-21-6-4-5-7-21)13-12-22(18)23-9-10-25-24(23)14-20(16-29-25)19-8-11-26(33-2)27(15-19)34-3/h8-9,11,14-16,21H,4-7,10,12-13,17H2,1-3H3,(H,30,32). The monoisotopic (exact) mass is 459 g/mol. The Morgan fingerprint density at radius 2 is 1.88 bits per heavy atom. The first kappa shape index (κ1) is 22.5. The number of rotatable bonds is 5. The van der Waals surface area contributed by atoms with Crippen LogP contribution in [0, 0.1) is 0 Å². The second kappa shape index (κ2) is 9.53. The van der Waals surface area contributed by atoms with Crippen molar-refractivity contribution in [2.45, 2.75) is 51.5 Å². The Balaban J connectivity index is 1.36. The summed E-state index contributed by atoms with van der Waals surface area (Å²) < 4.78 is 10.9. The zero-order valence-electron chi connectivity index (χ0n) is 20.3. The molecule has 2 amide bonds. The van der Waals surface area contributed by atoms with Gasteiger partial charge in [-0.2, -0.15) is 0 Å². The third-order valence-corrected chi connectivity index (χ3v) is 7.35. The maximum Gasteiger partial charge on any atom is 0.317 e. The van der Waals surface area contributed by atoms with Gasteiger partial charge in [-0.3, -0.25) is 4.98 Å². The van der Waals surface area contributed by atoms with E-state index in [1.165, 1.54) is 35.1 Å². The lowest BCUT2D eigenvalue weighted by atomic mass is 9.90. The van der Waals surface area contributed by atoms with Crippen LogP contribution in [0.25, 0.3) is 16.7 Å². The lowest BCUT2D eigenvalue weighted by Crippen LogP contribution is -2.46. The number of carbonyl (C=O) groups is 1. The Kier molecular flexibility index (Phi) is 6.31. The number of benzene rings is 1. The summed E-state index contributed by atoms with van der Waals surface area (Å²) in [4.78, 5) is 19.5. The number of amides is 2. The van der Waals surface area contributed by atoms with Crippen LogP contribution in [0.3, 0.4) is 0 Å². The molecule has 1 aliphatic heterocycles. The van der Waals surface area contributed by atoms with Gasteiger partial charge in [0.2, 0.25) is 0 Å². The van der Waals surface area contributed by atoms with Crippen molar-refractivity contribution in [1.29, 1.82) is 0 Å². The number of fused-ring (bicyclic) bond motifs is 1. The lowest BCUT2D eigenvalue weighted by molar-refractivity contribution is 0.196. The van der Waals surface area contributed by atoms with Crippen LogP contribution >= 0.6 is 0 Å². The Morgan fingerprint density at radius 3 is 2.62 bits per heavy atom. The first-order valence-electron chi connectivity index (χ1n) is 12.2. The molecule has 0 saturated heterocycles. The Morgan fingerprint density at radius 1 is 1.09 bits per heavy atom. The predicted molar refractivity (Wildman–Crippen MR) is 134 cm³/mol. The summed E-state index contributed by atoms with van der Waals surface area (Å²) in [7, 11) is 3.30. The van der Waals surface area contributed by atoms with E-state index in [9.17, 15) is 4.79 Å². The molecule has 1 N–H and O–H groups in total. The number of urea groups is 1. The van der Waals surface area contributed by atoms with Gasteiger partial charge in [0.25, 0.3) is 0 Å². The molecular formula is C28H33N3O3. The van der Waals surface area contributed by atoms with Crippen LogP contribution in [-0.4, -0.2) is 49.3 Å². The van der Waals surface area contributed by atoms with Crippen molar-refractivity contribution in [2.75, 3.05) is 27.3 Å². The van der Waals surface area contributed by atoms with Gasteiger partial charge in [0, 0.05) is 42.9 Å². The smallest absolute Gasteiger partial charge is 0.317 e. The highest BCUT2D eigenvalue weighted by atomic mass is 16.5. The van der Waals surface area contributed by atoms with E-state index in [1.54, 1.807) is 14.2 Å². The van der Waals surface area contributed by atoms with Gasteiger partial charge in [0.1, 0.15) is 0 Å². The number of pyridine rings is 1. The molecule has 5 rings (SSSR count). The van der Waals surface area contributed by atoms with Crippen LogP contribution in [0.2, 0.25) is 0 Å². The molecule has 1 fully saturated rings. The van der Waals surface area contributed by atoms with Crippen molar-refractivity contribution >= 4 is 11.6 Å². The summed E-state index contributed by atoms with van der Waals surface area (Å²) in [6, 6.07) is 8.63. The van der Waals surface area contributed by atoms with Crippen molar-refractivity contribution < 1.29 is 14.3 Å². The Bertz CT molecular complexity index is 1160. The van der Waals surface area contributed by atoms with Gasteiger partial charge in [0.05, 0.1) is 19.9 Å². The Hall–Kier alpha value is -3.28. The maximum absolute atomic E-state index is 12.8. The number of nitrogens with one attached hydrogen (secondary N) is 1. The van der Waals surface area contributed by atoms with E-state index in [0.717, 1.165) is 49.0 Å². The number of hydrogen-bond acceptors (Lipinski definition) is 4. The molecule has 0 atom stereocenters. The van der Waals surface area contributed by atoms with Crippen molar-refractivity contribution in [2.24, 2.45) is 0 Å². The molecule has 34 heavy (non-hydrogen) atoms. The van der Waals surface area contributed by atoms with Gasteiger partial charge in [-0.1, -0.05) is 30.6 Å². The Labute approximate surface area is 201 Å². The van der Waals surface area contributed by atoms with E-state index >= 15 is 0 Å². The van der Waals surface area contributed by atoms with E-state index in [2.05, 4.69) is 24.4 Å². The predicted octanol–water partition coefficient (Wildman–Crippen LogP) is 5.38. The van der Waals surface area contributed by atoms with Crippen LogP contribution in [0.15, 0.2) is 47.7 Å². The number of aromatic nitrogens is 1. The van der Waals surface area contributed by atoms with Crippen molar-refractivity contribution in [1.82, 2.24) is 15.2 Å². The zero-order chi connectivity index (χ0) is 23.7. The van der Waals surface area contributed by atoms with E-state index in [1.807, 2.05) is 29.3 Å². The van der Waals surface area contributed by atoms with Gasteiger partial charge < -0.3 is 19.7 Å². The van der Waals surface area contributed by atoms with Crippen molar-refractivity contribution in [3.05, 3.63) is 58.9 Å². The van der Waals surface area contributed by atoms with Gasteiger partial charge in [-0.15, -0.1) is 0 Å². The second-order valence-corrected chi connectivity index (χ2v) is 9.47. The van der Waals surface area contributed by atoms with Gasteiger partial charge in [-0.25, -0.2) is 4.79 Å². The minimum atomic E-state index is 0.0866. The molecule has 1 saturated carbocycles. The van der Waals surface area contributed by atoms with E-state index < -0.39 is 0 Å². The van der Waals surface area contributed by atoms with Crippen LogP contribution in [-0.2, 0) is 6.42 Å². The molecule has 1 aromatic heterocycles. The molecule has 178 valence electrons. The maximum atomic E-state index is 12.8. The van der Waals surface area contributed by atoms with Gasteiger partial charge in [-0.05, 0) is 61.1 Å². The highest BCUT2D eigenvalue weighted by molar-refractivity contribution is 5.87. The topological polar surface area (TPSA) is 63.7 Å². The minimum Gasteiger partial charge on any atom is -0.493 e. The van der Waals surface area contributed by atoms with E-state index in [-0.39, 0.29) is 6.03 Å². The number of allylic oxidation sites excluding steroid dienone is 2. The summed E-state index contributed by atoms with van der Waals surface area (Å²) in [5.41, 5.74) is 8.31. The van der Waals surface area contributed by atoms with Crippen molar-refractivity contribution in [3.8, 4) is 22.6 Å². The van der Waals surface area contributed by atoms with Crippen LogP contribution in [0.1, 0.15) is 50.3 Å². The third-order valence-electron chi connectivity index (χ3n) is 7.35. The third kappa shape index (κ3) is 4.29. The molecule has 0 bridgehead atoms. The highest BCUT2D eigenvalue weighted by Gasteiger charge is 2.28. The average molecular weight is 460 g/mol. The number of nitrogens with zero attached hydrogens (tertiary/aromatic N) is 2. The molecule has 1 aromatic carbocycles. The first-order chi connectivity index (χ1) is 16.6. The van der Waals surface area contributed by atoms with Crippen LogP contribution in [0.5, 0.6) is 11.5 Å². The normalized spacial score (nSPS) is 18.1. The molecule has 6 heteroatoms. The molecule has 2 heterocycles. The van der Waals surface area contributed by atoms with Gasteiger partial charge >= 0.3 is 6.03 Å². The highest BCUT2D eigenvalue weighted by Crippen LogP contribution is 2.39. The fourth-order valence-electron chi connectivity index (χ4n) is 5.45. The summed E-state index contributed by atoms with van der Waals surface area (Å²) >= 11 is 0. The molecule has 0 spiro atoms. The average Bonchev–Trinajstić information content (AvgIpc) is 3.53. The number of ether oxygens (including phenoxy) is 2. The summed E-state index contributed by atoms with van der Waals surface area (Å²) in [6.07, 6.45) is 10.6. The molecule has 6 nitrogen and oxygen atoms in total. The molecule has 2 aliphatic carbocycles. The fraction of sp³-hybridized carbons (Fsp3) is 0.429. The van der Waals surface area contributed by atoms with Crippen LogP contribution < -0.4 is 14.8 Å². The second-order valence-electron chi connectivity index (χ2n) is 9.47. The SMILES string of the molecule is COc1ccc(-c2cnc3c(c2)C(C2=C(C)CN(C(=O)NC4CCCC4)CC2)=CC3)cc1OC. The fourth-order valence-corrected chi connectivity index (χ4v) is 5.45. The zero-order valence-corrected chi connectivity index (χ0v) is 20.3. The molecular weight excluding hydrogens is 426 g/mol. The number of carbonyl (C=O) groups excluding carboxylic acids is 1. The molecule has 0 radical (unpaired) electrons. The summed E-state index contributed by atoms with van der Waals surface area (Å²) in [5.74, 6) is 1.42. The summed E-state index contributed by atoms with van der Waals surface area (Å²) in [6.45, 7) is 3.60. The minimum absolute atomic E-state index is 0.0866. The van der Waals surface area contributed by atoms with E-state index in [0.29, 0.717) is 24.1 Å². The van der Waals surface area contributed by atoms with Crippen LogP contribution in [0.4, 0.5) is 4.79 Å². The van der Waals surface area contributed by atoms with E-state index in [4.69, 9.17) is 14.5 Å². The lowest BCUT2D eigenvalue weighted by Gasteiger charge is -2.31. The largest absolute Gasteiger partial charge is 0.493 e. The molecule has 0 unspecified atom stereocenters.